The highest BCUT2D eigenvalue weighted by Gasteiger charge is 2.30. The SMILES string of the molecule is Cc1c(Cl)ccnc1[C@@H]1CCC[C@H](c2nc3cccc(N4CCN(C)CC4)n3c2Cl)N1. The highest BCUT2D eigenvalue weighted by Crippen LogP contribution is 2.37. The summed E-state index contributed by atoms with van der Waals surface area (Å²) in [6, 6.07) is 8.35. The van der Waals surface area contributed by atoms with Crippen LogP contribution in [-0.2, 0) is 0 Å². The van der Waals surface area contributed by atoms with E-state index >= 15 is 0 Å². The molecular weight excluding hydrogens is 431 g/mol. The number of anilines is 1. The molecule has 6 nitrogen and oxygen atoms in total. The maximum Gasteiger partial charge on any atom is 0.139 e. The Balaban J connectivity index is 1.47. The summed E-state index contributed by atoms with van der Waals surface area (Å²) in [4.78, 5) is 14.3. The first kappa shape index (κ1) is 21.0. The van der Waals surface area contributed by atoms with Gasteiger partial charge in [-0.25, -0.2) is 4.98 Å². The second-order valence-electron chi connectivity index (χ2n) is 8.66. The minimum Gasteiger partial charge on any atom is -0.355 e. The van der Waals surface area contributed by atoms with E-state index in [1.54, 1.807) is 6.20 Å². The van der Waals surface area contributed by atoms with Crippen molar-refractivity contribution in [1.29, 1.82) is 0 Å². The number of hydrogen-bond donors (Lipinski definition) is 1. The summed E-state index contributed by atoms with van der Waals surface area (Å²) in [5.74, 6) is 1.12. The van der Waals surface area contributed by atoms with Crippen LogP contribution in [0.1, 0.15) is 48.3 Å². The molecule has 0 saturated carbocycles. The summed E-state index contributed by atoms with van der Waals surface area (Å²) >= 11 is 13.3. The number of rotatable bonds is 3. The number of imidazole rings is 1. The zero-order valence-corrected chi connectivity index (χ0v) is 19.5. The van der Waals surface area contributed by atoms with Crippen molar-refractivity contribution in [3.63, 3.8) is 0 Å². The topological polar surface area (TPSA) is 48.7 Å². The lowest BCUT2D eigenvalue weighted by Crippen LogP contribution is -2.45. The number of nitrogens with zero attached hydrogens (tertiary/aromatic N) is 5. The molecule has 31 heavy (non-hydrogen) atoms. The summed E-state index contributed by atoms with van der Waals surface area (Å²) in [5.41, 5.74) is 3.89. The van der Waals surface area contributed by atoms with Gasteiger partial charge in [0.05, 0.1) is 23.5 Å². The van der Waals surface area contributed by atoms with Gasteiger partial charge in [-0.05, 0) is 57.0 Å². The molecule has 0 spiro atoms. The fourth-order valence-electron chi connectivity index (χ4n) is 4.81. The van der Waals surface area contributed by atoms with E-state index in [9.17, 15) is 0 Å². The Kier molecular flexibility index (Phi) is 5.82. The van der Waals surface area contributed by atoms with Crippen molar-refractivity contribution in [3.05, 3.63) is 57.6 Å². The van der Waals surface area contributed by atoms with Gasteiger partial charge in [-0.1, -0.05) is 29.3 Å². The van der Waals surface area contributed by atoms with Crippen molar-refractivity contribution in [2.45, 2.75) is 38.3 Å². The van der Waals surface area contributed by atoms with Crippen LogP contribution in [0, 0.1) is 6.92 Å². The lowest BCUT2D eigenvalue weighted by atomic mass is 9.93. The van der Waals surface area contributed by atoms with Gasteiger partial charge in [-0.2, -0.15) is 0 Å². The van der Waals surface area contributed by atoms with Crippen LogP contribution in [0.15, 0.2) is 30.5 Å². The highest BCUT2D eigenvalue weighted by atomic mass is 35.5. The predicted molar refractivity (Wildman–Crippen MR) is 126 cm³/mol. The van der Waals surface area contributed by atoms with Gasteiger partial charge in [0.15, 0.2) is 0 Å². The molecule has 0 amide bonds. The number of pyridine rings is 2. The third-order valence-corrected chi connectivity index (χ3v) is 7.42. The Morgan fingerprint density at radius 3 is 2.52 bits per heavy atom. The largest absolute Gasteiger partial charge is 0.355 e. The molecule has 0 radical (unpaired) electrons. The number of likely N-dealkylation sites (N-methyl/N-ethyl adjacent to an activating group) is 1. The third kappa shape index (κ3) is 3.91. The Morgan fingerprint density at radius 2 is 1.74 bits per heavy atom. The fourth-order valence-corrected chi connectivity index (χ4v) is 5.31. The summed E-state index contributed by atoms with van der Waals surface area (Å²) < 4.78 is 2.11. The first-order valence-corrected chi connectivity index (χ1v) is 11.8. The first-order chi connectivity index (χ1) is 15.0. The van der Waals surface area contributed by atoms with Crippen molar-refractivity contribution >= 4 is 34.7 Å². The van der Waals surface area contributed by atoms with Gasteiger partial charge in [-0.3, -0.25) is 9.38 Å². The zero-order chi connectivity index (χ0) is 21.5. The zero-order valence-electron chi connectivity index (χ0n) is 18.0. The molecule has 0 bridgehead atoms. The number of hydrogen-bond acceptors (Lipinski definition) is 5. The van der Waals surface area contributed by atoms with Crippen LogP contribution in [0.25, 0.3) is 5.65 Å². The van der Waals surface area contributed by atoms with Gasteiger partial charge in [-0.15, -0.1) is 0 Å². The third-order valence-electron chi connectivity index (χ3n) is 6.64. The Morgan fingerprint density at radius 1 is 1.00 bits per heavy atom. The quantitative estimate of drug-likeness (QED) is 0.618. The van der Waals surface area contributed by atoms with E-state index in [0.29, 0.717) is 5.15 Å². The molecule has 164 valence electrons. The van der Waals surface area contributed by atoms with Crippen LogP contribution in [-0.4, -0.2) is 52.5 Å². The van der Waals surface area contributed by atoms with Crippen molar-refractivity contribution < 1.29 is 0 Å². The van der Waals surface area contributed by atoms with E-state index in [-0.39, 0.29) is 12.1 Å². The average molecular weight is 459 g/mol. The van der Waals surface area contributed by atoms with Crippen molar-refractivity contribution in [2.75, 3.05) is 38.1 Å². The van der Waals surface area contributed by atoms with Crippen molar-refractivity contribution in [1.82, 2.24) is 24.6 Å². The second-order valence-corrected chi connectivity index (χ2v) is 9.43. The summed E-state index contributed by atoms with van der Waals surface area (Å²) in [7, 11) is 2.17. The van der Waals surface area contributed by atoms with E-state index < -0.39 is 0 Å². The Bertz CT molecular complexity index is 1090. The summed E-state index contributed by atoms with van der Waals surface area (Å²) in [6.45, 7) is 6.11. The van der Waals surface area contributed by atoms with Crippen LogP contribution in [0.4, 0.5) is 5.82 Å². The molecule has 0 aromatic carbocycles. The molecule has 5 heterocycles. The van der Waals surface area contributed by atoms with E-state index in [1.807, 2.05) is 19.1 Å². The minimum atomic E-state index is 0.0895. The van der Waals surface area contributed by atoms with E-state index in [4.69, 9.17) is 28.2 Å². The molecule has 0 unspecified atom stereocenters. The van der Waals surface area contributed by atoms with Crippen molar-refractivity contribution in [2.24, 2.45) is 0 Å². The number of aromatic nitrogens is 3. The average Bonchev–Trinajstić information content (AvgIpc) is 3.13. The van der Waals surface area contributed by atoms with Crippen LogP contribution in [0.2, 0.25) is 10.2 Å². The summed E-state index contributed by atoms with van der Waals surface area (Å²) in [6.07, 6.45) is 4.91. The molecule has 2 aliphatic rings. The Hall–Kier alpha value is -1.86. The van der Waals surface area contributed by atoms with Gasteiger partial charge in [0.2, 0.25) is 0 Å². The molecule has 1 N–H and O–H groups in total. The van der Waals surface area contributed by atoms with Crippen LogP contribution in [0.3, 0.4) is 0 Å². The second kappa shape index (κ2) is 8.58. The van der Waals surface area contributed by atoms with Gasteiger partial charge < -0.3 is 15.1 Å². The molecular formula is C23H28Cl2N6. The van der Waals surface area contributed by atoms with Crippen LogP contribution >= 0.6 is 23.2 Å². The number of nitrogens with one attached hydrogen (secondary N) is 1. The molecule has 8 heteroatoms. The van der Waals surface area contributed by atoms with Crippen LogP contribution < -0.4 is 10.2 Å². The molecule has 3 aromatic heterocycles. The summed E-state index contributed by atoms with van der Waals surface area (Å²) in [5, 5.41) is 5.23. The van der Waals surface area contributed by atoms with E-state index in [1.165, 1.54) is 0 Å². The monoisotopic (exact) mass is 458 g/mol. The van der Waals surface area contributed by atoms with E-state index in [0.717, 1.165) is 78.9 Å². The molecule has 2 saturated heterocycles. The number of fused-ring (bicyclic) bond motifs is 1. The van der Waals surface area contributed by atoms with Crippen LogP contribution in [0.5, 0.6) is 0 Å². The number of piperidine rings is 1. The minimum absolute atomic E-state index is 0.0895. The Labute approximate surface area is 193 Å². The lowest BCUT2D eigenvalue weighted by Gasteiger charge is -2.34. The standard InChI is InChI=1S/C23H28Cl2N6/c1-15-16(24)9-10-26-21(15)17-5-3-6-18(27-17)22-23(25)31-19(28-22)7-4-8-20(31)30-13-11-29(2)12-14-30/h4,7-10,17-18,27H,3,5-6,11-14H2,1-2H3/t17-,18+/m0/s1. The first-order valence-electron chi connectivity index (χ1n) is 11.0. The molecule has 2 aliphatic heterocycles. The van der Waals surface area contributed by atoms with Crippen molar-refractivity contribution in [3.8, 4) is 0 Å². The molecule has 3 aromatic rings. The maximum atomic E-state index is 6.98. The highest BCUT2D eigenvalue weighted by molar-refractivity contribution is 6.31. The number of halogens is 2. The van der Waals surface area contributed by atoms with Gasteiger partial charge >= 0.3 is 0 Å². The van der Waals surface area contributed by atoms with Gasteiger partial charge in [0.25, 0.3) is 0 Å². The predicted octanol–water partition coefficient (Wildman–Crippen LogP) is 4.65. The molecule has 0 aliphatic carbocycles. The van der Waals surface area contributed by atoms with Gasteiger partial charge in [0.1, 0.15) is 16.6 Å². The fraction of sp³-hybridized carbons (Fsp3) is 0.478. The smallest absolute Gasteiger partial charge is 0.139 e. The molecule has 5 rings (SSSR count). The maximum absolute atomic E-state index is 6.98. The molecule has 2 fully saturated rings. The normalized spacial score (nSPS) is 22.9. The van der Waals surface area contributed by atoms with E-state index in [2.05, 4.69) is 43.7 Å². The lowest BCUT2D eigenvalue weighted by molar-refractivity contribution is 0.311. The van der Waals surface area contributed by atoms with Gasteiger partial charge in [0, 0.05) is 37.4 Å². The molecule has 2 atom stereocenters. The number of piperazine rings is 1.